The molecule has 1 atom stereocenters. The van der Waals surface area contributed by atoms with Crippen LogP contribution in [0.15, 0.2) is 6.07 Å². The van der Waals surface area contributed by atoms with Gasteiger partial charge in [-0.05, 0) is 49.7 Å². The van der Waals surface area contributed by atoms with Gasteiger partial charge in [-0.3, -0.25) is 4.79 Å². The van der Waals surface area contributed by atoms with Gasteiger partial charge in [0.05, 0.1) is 11.1 Å². The van der Waals surface area contributed by atoms with Gasteiger partial charge in [-0.1, -0.05) is 13.3 Å². The summed E-state index contributed by atoms with van der Waals surface area (Å²) in [4.78, 5) is 16.9. The standard InChI is InChI=1S/C17H26N2O3S2/c1-3-12-4-5-15-13(10-12)11-16(23-15)17(20)19-8-6-14(7-9-19)18-24(2,21)22/h11-12,14,18H,3-10H2,1-2H3. The molecule has 24 heavy (non-hydrogen) atoms. The van der Waals surface area contributed by atoms with E-state index in [0.29, 0.717) is 25.9 Å². The highest BCUT2D eigenvalue weighted by Crippen LogP contribution is 2.34. The first-order valence-electron chi connectivity index (χ1n) is 8.74. The van der Waals surface area contributed by atoms with Gasteiger partial charge in [-0.2, -0.15) is 0 Å². The highest BCUT2D eigenvalue weighted by atomic mass is 32.2. The van der Waals surface area contributed by atoms with Crippen LogP contribution in [0, 0.1) is 5.92 Å². The molecule has 1 fully saturated rings. The van der Waals surface area contributed by atoms with E-state index in [2.05, 4.69) is 17.7 Å². The number of thiophene rings is 1. The average Bonchev–Trinajstić information content (AvgIpc) is 2.96. The summed E-state index contributed by atoms with van der Waals surface area (Å²) in [5.41, 5.74) is 1.37. The van der Waals surface area contributed by atoms with Crippen LogP contribution in [0.25, 0.3) is 0 Å². The minimum atomic E-state index is -3.17. The smallest absolute Gasteiger partial charge is 0.263 e. The Morgan fingerprint density at radius 2 is 2.04 bits per heavy atom. The topological polar surface area (TPSA) is 66.5 Å². The van der Waals surface area contributed by atoms with Crippen molar-refractivity contribution in [2.45, 2.75) is 51.5 Å². The molecule has 1 aliphatic heterocycles. The van der Waals surface area contributed by atoms with Crippen LogP contribution in [-0.2, 0) is 22.9 Å². The summed E-state index contributed by atoms with van der Waals surface area (Å²) in [5.74, 6) is 0.869. The Bertz CT molecular complexity index is 703. The summed E-state index contributed by atoms with van der Waals surface area (Å²) < 4.78 is 25.3. The van der Waals surface area contributed by atoms with E-state index in [1.54, 1.807) is 11.3 Å². The first-order chi connectivity index (χ1) is 11.4. The fourth-order valence-electron chi connectivity index (χ4n) is 3.71. The van der Waals surface area contributed by atoms with Crippen molar-refractivity contribution in [2.75, 3.05) is 19.3 Å². The molecule has 0 radical (unpaired) electrons. The van der Waals surface area contributed by atoms with Crippen molar-refractivity contribution >= 4 is 27.3 Å². The molecule has 7 heteroatoms. The zero-order valence-electron chi connectivity index (χ0n) is 14.4. The molecule has 0 saturated carbocycles. The van der Waals surface area contributed by atoms with Gasteiger partial charge in [0.25, 0.3) is 5.91 Å². The summed E-state index contributed by atoms with van der Waals surface area (Å²) in [6, 6.07) is 2.05. The van der Waals surface area contributed by atoms with Crippen LogP contribution in [0.3, 0.4) is 0 Å². The molecule has 134 valence electrons. The molecule has 0 aromatic carbocycles. The molecule has 1 aliphatic carbocycles. The molecule has 2 aliphatic rings. The van der Waals surface area contributed by atoms with E-state index in [-0.39, 0.29) is 11.9 Å². The highest BCUT2D eigenvalue weighted by Gasteiger charge is 2.28. The number of sulfonamides is 1. The molecule has 2 heterocycles. The normalized spacial score (nSPS) is 22.4. The van der Waals surface area contributed by atoms with E-state index in [1.807, 2.05) is 4.90 Å². The fourth-order valence-corrected chi connectivity index (χ4v) is 5.73. The monoisotopic (exact) mass is 370 g/mol. The van der Waals surface area contributed by atoms with Gasteiger partial charge in [0.2, 0.25) is 10.0 Å². The molecular formula is C17H26N2O3S2. The Labute approximate surface area is 148 Å². The molecule has 1 amide bonds. The number of nitrogens with zero attached hydrogens (tertiary/aromatic N) is 1. The largest absolute Gasteiger partial charge is 0.338 e. The van der Waals surface area contributed by atoms with E-state index < -0.39 is 10.0 Å². The summed E-state index contributed by atoms with van der Waals surface area (Å²) in [6.07, 6.45) is 7.20. The van der Waals surface area contributed by atoms with Crippen LogP contribution in [-0.4, -0.2) is 44.6 Å². The van der Waals surface area contributed by atoms with E-state index in [4.69, 9.17) is 0 Å². The number of nitrogens with one attached hydrogen (secondary N) is 1. The third-order valence-corrected chi connectivity index (χ3v) is 7.12. The lowest BCUT2D eigenvalue weighted by atomic mass is 9.87. The highest BCUT2D eigenvalue weighted by molar-refractivity contribution is 7.88. The van der Waals surface area contributed by atoms with Gasteiger partial charge in [0, 0.05) is 24.0 Å². The molecule has 1 N–H and O–H groups in total. The van der Waals surface area contributed by atoms with Crippen LogP contribution in [0.2, 0.25) is 0 Å². The fraction of sp³-hybridized carbons (Fsp3) is 0.706. The SMILES string of the molecule is CCC1CCc2sc(C(=O)N3CCC(NS(C)(=O)=O)CC3)cc2C1. The number of piperidine rings is 1. The van der Waals surface area contributed by atoms with Gasteiger partial charge in [0.15, 0.2) is 0 Å². The number of hydrogen-bond donors (Lipinski definition) is 1. The summed E-state index contributed by atoms with van der Waals surface area (Å²) in [7, 11) is -3.17. The number of rotatable bonds is 4. The molecule has 1 unspecified atom stereocenters. The lowest BCUT2D eigenvalue weighted by Crippen LogP contribution is -2.46. The number of carbonyl (C=O) groups excluding carboxylic acids is 1. The quantitative estimate of drug-likeness (QED) is 0.885. The average molecular weight is 371 g/mol. The van der Waals surface area contributed by atoms with Crippen LogP contribution < -0.4 is 4.72 Å². The summed E-state index contributed by atoms with van der Waals surface area (Å²) in [6.45, 7) is 3.47. The second-order valence-corrected chi connectivity index (χ2v) is 9.95. The lowest BCUT2D eigenvalue weighted by Gasteiger charge is -2.31. The van der Waals surface area contributed by atoms with Crippen molar-refractivity contribution in [3.63, 3.8) is 0 Å². The molecular weight excluding hydrogens is 344 g/mol. The van der Waals surface area contributed by atoms with E-state index in [1.165, 1.54) is 29.5 Å². The molecule has 5 nitrogen and oxygen atoms in total. The van der Waals surface area contributed by atoms with Crippen molar-refractivity contribution in [3.05, 3.63) is 21.4 Å². The van der Waals surface area contributed by atoms with Gasteiger partial charge in [-0.15, -0.1) is 11.3 Å². The van der Waals surface area contributed by atoms with Crippen molar-refractivity contribution < 1.29 is 13.2 Å². The zero-order chi connectivity index (χ0) is 17.3. The van der Waals surface area contributed by atoms with Crippen molar-refractivity contribution in [2.24, 2.45) is 5.92 Å². The minimum Gasteiger partial charge on any atom is -0.338 e. The van der Waals surface area contributed by atoms with E-state index in [0.717, 1.165) is 23.6 Å². The van der Waals surface area contributed by atoms with Crippen LogP contribution in [0.4, 0.5) is 0 Å². The Morgan fingerprint density at radius 1 is 1.33 bits per heavy atom. The molecule has 0 spiro atoms. The second-order valence-electron chi connectivity index (χ2n) is 7.03. The third-order valence-electron chi connectivity index (χ3n) is 5.14. The summed E-state index contributed by atoms with van der Waals surface area (Å²) >= 11 is 1.66. The first-order valence-corrected chi connectivity index (χ1v) is 11.4. The Balaban J connectivity index is 1.61. The van der Waals surface area contributed by atoms with Gasteiger partial charge in [0.1, 0.15) is 0 Å². The molecule has 1 aromatic heterocycles. The Morgan fingerprint density at radius 3 is 2.67 bits per heavy atom. The number of fused-ring (bicyclic) bond motifs is 1. The number of carbonyl (C=O) groups is 1. The lowest BCUT2D eigenvalue weighted by molar-refractivity contribution is 0.0716. The number of hydrogen-bond acceptors (Lipinski definition) is 4. The van der Waals surface area contributed by atoms with Crippen molar-refractivity contribution in [3.8, 4) is 0 Å². The predicted molar refractivity (Wildman–Crippen MR) is 97.0 cm³/mol. The number of amides is 1. The van der Waals surface area contributed by atoms with Crippen LogP contribution in [0.1, 0.15) is 52.7 Å². The second kappa shape index (κ2) is 7.14. The van der Waals surface area contributed by atoms with Gasteiger partial charge < -0.3 is 4.90 Å². The zero-order valence-corrected chi connectivity index (χ0v) is 16.0. The van der Waals surface area contributed by atoms with Crippen LogP contribution in [0.5, 0.6) is 0 Å². The maximum Gasteiger partial charge on any atom is 0.263 e. The molecule has 1 saturated heterocycles. The first kappa shape index (κ1) is 17.9. The molecule has 1 aromatic rings. The third kappa shape index (κ3) is 4.18. The molecule has 3 rings (SSSR count). The predicted octanol–water partition coefficient (Wildman–Crippen LogP) is 2.42. The number of likely N-dealkylation sites (tertiary alicyclic amines) is 1. The van der Waals surface area contributed by atoms with E-state index in [9.17, 15) is 13.2 Å². The van der Waals surface area contributed by atoms with Crippen molar-refractivity contribution in [1.82, 2.24) is 9.62 Å². The summed E-state index contributed by atoms with van der Waals surface area (Å²) in [5, 5.41) is 0. The van der Waals surface area contributed by atoms with E-state index >= 15 is 0 Å². The van der Waals surface area contributed by atoms with Gasteiger partial charge >= 0.3 is 0 Å². The van der Waals surface area contributed by atoms with Gasteiger partial charge in [-0.25, -0.2) is 13.1 Å². The Kier molecular flexibility index (Phi) is 5.32. The maximum atomic E-state index is 12.8. The maximum absolute atomic E-state index is 12.8. The van der Waals surface area contributed by atoms with Crippen LogP contribution >= 0.6 is 11.3 Å². The number of aryl methyl sites for hydroxylation is 1. The molecule has 0 bridgehead atoms. The van der Waals surface area contributed by atoms with Crippen molar-refractivity contribution in [1.29, 1.82) is 0 Å². The minimum absolute atomic E-state index is 0.0501. The Hall–Kier alpha value is -0.920.